The zero-order valence-electron chi connectivity index (χ0n) is 19.4. The highest BCUT2D eigenvalue weighted by Crippen LogP contribution is 2.36. The van der Waals surface area contributed by atoms with Gasteiger partial charge in [0.2, 0.25) is 16.8 Å². The summed E-state index contributed by atoms with van der Waals surface area (Å²) in [6.45, 7) is 0.836. The number of nitrogens with zero attached hydrogens (tertiary/aromatic N) is 1. The second-order valence-corrected chi connectivity index (χ2v) is 9.69. The minimum absolute atomic E-state index is 0.105. The molecule has 0 aromatic heterocycles. The molecule has 9 nitrogen and oxygen atoms in total. The minimum atomic E-state index is -3.57. The SMILES string of the molecule is COc1cccc(OCCNC(=O)c2ccc(CN(c3ccc4c(c3)OCO4)S(C)(=O)=O)cc2)c1. The third-order valence-corrected chi connectivity index (χ3v) is 6.42. The molecule has 1 aliphatic heterocycles. The smallest absolute Gasteiger partial charge is 0.251 e. The molecule has 1 aliphatic rings. The molecule has 3 aromatic carbocycles. The van der Waals surface area contributed by atoms with Gasteiger partial charge in [0, 0.05) is 17.7 Å². The lowest BCUT2D eigenvalue weighted by Crippen LogP contribution is -2.29. The molecule has 0 bridgehead atoms. The molecule has 0 saturated carbocycles. The number of methoxy groups -OCH3 is 1. The van der Waals surface area contributed by atoms with Crippen LogP contribution in [0.3, 0.4) is 0 Å². The molecule has 10 heteroatoms. The predicted molar refractivity (Wildman–Crippen MR) is 131 cm³/mol. The van der Waals surface area contributed by atoms with E-state index in [-0.39, 0.29) is 19.2 Å². The van der Waals surface area contributed by atoms with Gasteiger partial charge in [-0.25, -0.2) is 8.42 Å². The normalized spacial score (nSPS) is 12.2. The van der Waals surface area contributed by atoms with Crippen LogP contribution in [-0.2, 0) is 16.6 Å². The van der Waals surface area contributed by atoms with Gasteiger partial charge >= 0.3 is 0 Å². The summed E-state index contributed by atoms with van der Waals surface area (Å²) in [6.07, 6.45) is 1.15. The zero-order valence-corrected chi connectivity index (χ0v) is 20.2. The van der Waals surface area contributed by atoms with E-state index in [9.17, 15) is 13.2 Å². The van der Waals surface area contributed by atoms with Crippen molar-refractivity contribution in [2.45, 2.75) is 6.54 Å². The summed E-state index contributed by atoms with van der Waals surface area (Å²) < 4.78 is 47.7. The maximum Gasteiger partial charge on any atom is 0.251 e. The molecule has 0 spiro atoms. The number of hydrogen-bond donors (Lipinski definition) is 1. The van der Waals surface area contributed by atoms with Crippen molar-refractivity contribution in [3.05, 3.63) is 77.9 Å². The number of amides is 1. The van der Waals surface area contributed by atoms with Crippen LogP contribution < -0.4 is 28.6 Å². The Morgan fingerprint density at radius 2 is 1.74 bits per heavy atom. The summed E-state index contributed by atoms with van der Waals surface area (Å²) in [4.78, 5) is 12.5. The molecule has 0 radical (unpaired) electrons. The van der Waals surface area contributed by atoms with Crippen LogP contribution in [0, 0.1) is 0 Å². The fourth-order valence-electron chi connectivity index (χ4n) is 3.49. The number of nitrogens with one attached hydrogen (secondary N) is 1. The van der Waals surface area contributed by atoms with Crippen molar-refractivity contribution in [3.8, 4) is 23.0 Å². The minimum Gasteiger partial charge on any atom is -0.497 e. The average molecular weight is 499 g/mol. The van der Waals surface area contributed by atoms with E-state index in [2.05, 4.69) is 5.32 Å². The van der Waals surface area contributed by atoms with Gasteiger partial charge in [0.25, 0.3) is 5.91 Å². The Morgan fingerprint density at radius 1 is 1.00 bits per heavy atom. The molecule has 1 N–H and O–H groups in total. The Hall–Kier alpha value is -3.92. The summed E-state index contributed by atoms with van der Waals surface area (Å²) >= 11 is 0. The quantitative estimate of drug-likeness (QED) is 0.428. The van der Waals surface area contributed by atoms with E-state index in [1.807, 2.05) is 18.2 Å². The van der Waals surface area contributed by atoms with Crippen LogP contribution in [-0.4, -0.2) is 47.6 Å². The number of benzene rings is 3. The number of carbonyl (C=O) groups excluding carboxylic acids is 1. The molecule has 0 saturated heterocycles. The van der Waals surface area contributed by atoms with Gasteiger partial charge in [-0.3, -0.25) is 9.10 Å². The van der Waals surface area contributed by atoms with E-state index < -0.39 is 10.0 Å². The lowest BCUT2D eigenvalue weighted by Gasteiger charge is -2.23. The fourth-order valence-corrected chi connectivity index (χ4v) is 4.37. The van der Waals surface area contributed by atoms with E-state index in [1.165, 1.54) is 4.31 Å². The molecule has 1 amide bonds. The highest BCUT2D eigenvalue weighted by Gasteiger charge is 2.22. The van der Waals surface area contributed by atoms with E-state index in [0.29, 0.717) is 47.4 Å². The Morgan fingerprint density at radius 3 is 2.49 bits per heavy atom. The van der Waals surface area contributed by atoms with Crippen molar-refractivity contribution in [1.29, 1.82) is 0 Å². The van der Waals surface area contributed by atoms with E-state index in [4.69, 9.17) is 18.9 Å². The molecule has 0 unspecified atom stereocenters. The molecular formula is C25H26N2O7S. The number of anilines is 1. The predicted octanol–water partition coefficient (Wildman–Crippen LogP) is 3.20. The number of rotatable bonds is 10. The van der Waals surface area contributed by atoms with Crippen LogP contribution in [0.5, 0.6) is 23.0 Å². The first kappa shape index (κ1) is 24.2. The molecule has 4 rings (SSSR count). The maximum atomic E-state index is 12.5. The Kier molecular flexibility index (Phi) is 7.31. The van der Waals surface area contributed by atoms with E-state index in [1.54, 1.807) is 55.6 Å². The van der Waals surface area contributed by atoms with Crippen LogP contribution in [0.2, 0.25) is 0 Å². The molecule has 184 valence electrons. The summed E-state index contributed by atoms with van der Waals surface area (Å²) in [5, 5.41) is 2.80. The van der Waals surface area contributed by atoms with Gasteiger partial charge in [-0.05, 0) is 42.0 Å². The van der Waals surface area contributed by atoms with Crippen LogP contribution in [0.1, 0.15) is 15.9 Å². The number of carbonyl (C=O) groups is 1. The lowest BCUT2D eigenvalue weighted by molar-refractivity contribution is 0.0947. The van der Waals surface area contributed by atoms with Gasteiger partial charge in [-0.15, -0.1) is 0 Å². The monoisotopic (exact) mass is 498 g/mol. The van der Waals surface area contributed by atoms with Gasteiger partial charge in [-0.2, -0.15) is 0 Å². The molecule has 0 aliphatic carbocycles. The van der Waals surface area contributed by atoms with Crippen molar-refractivity contribution in [2.24, 2.45) is 0 Å². The standard InChI is InChI=1S/C25H26N2O7S/c1-31-21-4-3-5-22(15-21)32-13-12-26-25(28)19-8-6-18(7-9-19)16-27(35(2,29)30)20-10-11-23-24(14-20)34-17-33-23/h3-11,14-15H,12-13,16-17H2,1-2H3,(H,26,28). The van der Waals surface area contributed by atoms with Crippen molar-refractivity contribution >= 4 is 21.6 Å². The molecule has 3 aromatic rings. The molecule has 0 atom stereocenters. The van der Waals surface area contributed by atoms with Gasteiger partial charge < -0.3 is 24.3 Å². The highest BCUT2D eigenvalue weighted by atomic mass is 32.2. The average Bonchev–Trinajstić information content (AvgIpc) is 3.33. The third kappa shape index (κ3) is 6.15. The van der Waals surface area contributed by atoms with Crippen LogP contribution in [0.15, 0.2) is 66.7 Å². The molecular weight excluding hydrogens is 472 g/mol. The first-order chi connectivity index (χ1) is 16.8. The van der Waals surface area contributed by atoms with E-state index >= 15 is 0 Å². The fraction of sp³-hybridized carbons (Fsp3) is 0.240. The van der Waals surface area contributed by atoms with Crippen LogP contribution >= 0.6 is 0 Å². The third-order valence-electron chi connectivity index (χ3n) is 5.28. The van der Waals surface area contributed by atoms with Gasteiger partial charge in [0.1, 0.15) is 18.1 Å². The van der Waals surface area contributed by atoms with Crippen molar-refractivity contribution in [2.75, 3.05) is 37.6 Å². The zero-order chi connectivity index (χ0) is 24.8. The number of hydrogen-bond acceptors (Lipinski definition) is 7. The van der Waals surface area contributed by atoms with Gasteiger partial charge in [0.15, 0.2) is 11.5 Å². The summed E-state index contributed by atoms with van der Waals surface area (Å²) in [5.74, 6) is 2.17. The second-order valence-electron chi connectivity index (χ2n) is 7.79. The lowest BCUT2D eigenvalue weighted by atomic mass is 10.1. The number of sulfonamides is 1. The second kappa shape index (κ2) is 10.6. The summed E-state index contributed by atoms with van der Waals surface area (Å²) in [5.41, 5.74) is 1.66. The number of fused-ring (bicyclic) bond motifs is 1. The van der Waals surface area contributed by atoms with Crippen LogP contribution in [0.25, 0.3) is 0 Å². The number of ether oxygens (including phenoxy) is 4. The van der Waals surface area contributed by atoms with Crippen LogP contribution in [0.4, 0.5) is 5.69 Å². The highest BCUT2D eigenvalue weighted by molar-refractivity contribution is 7.92. The van der Waals surface area contributed by atoms with Crippen molar-refractivity contribution in [3.63, 3.8) is 0 Å². The van der Waals surface area contributed by atoms with Gasteiger partial charge in [0.05, 0.1) is 32.1 Å². The van der Waals surface area contributed by atoms with Crippen molar-refractivity contribution in [1.82, 2.24) is 5.32 Å². The largest absolute Gasteiger partial charge is 0.497 e. The summed E-state index contributed by atoms with van der Waals surface area (Å²) in [6, 6.07) is 19.0. The summed E-state index contributed by atoms with van der Waals surface area (Å²) in [7, 11) is -1.98. The Labute approximate surface area is 204 Å². The van der Waals surface area contributed by atoms with Crippen molar-refractivity contribution < 1.29 is 32.2 Å². The first-order valence-corrected chi connectivity index (χ1v) is 12.7. The Balaban J connectivity index is 1.34. The Bertz CT molecular complexity index is 1290. The van der Waals surface area contributed by atoms with Gasteiger partial charge in [-0.1, -0.05) is 18.2 Å². The topological polar surface area (TPSA) is 103 Å². The molecule has 1 heterocycles. The van der Waals surface area contributed by atoms with E-state index in [0.717, 1.165) is 11.8 Å². The first-order valence-electron chi connectivity index (χ1n) is 10.8. The maximum absolute atomic E-state index is 12.5. The molecule has 35 heavy (non-hydrogen) atoms. The molecule has 0 fully saturated rings.